The van der Waals surface area contributed by atoms with Gasteiger partial charge >= 0.3 is 0 Å². The Hall–Kier alpha value is -1.02. The minimum absolute atomic E-state index is 0.477. The minimum atomic E-state index is 0.477. The van der Waals surface area contributed by atoms with E-state index >= 15 is 0 Å². The van der Waals surface area contributed by atoms with Crippen molar-refractivity contribution in [3.8, 4) is 5.75 Å². The molecule has 2 heteroatoms. The summed E-state index contributed by atoms with van der Waals surface area (Å²) in [6.45, 7) is 6.56. The molecule has 0 bridgehead atoms. The molecule has 0 aliphatic heterocycles. The third kappa shape index (κ3) is 7.81. The molecule has 1 N–H and O–H groups in total. The Labute approximate surface area is 155 Å². The first-order valence-corrected chi connectivity index (χ1v) is 10.8. The van der Waals surface area contributed by atoms with Crippen LogP contribution in [0.4, 0.5) is 0 Å². The zero-order valence-corrected chi connectivity index (χ0v) is 16.6. The molecule has 0 radical (unpaired) electrons. The second-order valence-corrected chi connectivity index (χ2v) is 7.70. The Morgan fingerprint density at radius 3 is 2.36 bits per heavy atom. The van der Waals surface area contributed by atoms with E-state index in [0.717, 1.165) is 24.7 Å². The van der Waals surface area contributed by atoms with E-state index in [-0.39, 0.29) is 0 Å². The summed E-state index contributed by atoms with van der Waals surface area (Å²) >= 11 is 0. The van der Waals surface area contributed by atoms with Gasteiger partial charge in [0.25, 0.3) is 0 Å². The van der Waals surface area contributed by atoms with Gasteiger partial charge in [0, 0.05) is 6.04 Å². The maximum Gasteiger partial charge on any atom is 0.119 e. The maximum atomic E-state index is 5.89. The normalized spacial score (nSPS) is 16.7. The molecular formula is C23H39NO. The standard InChI is InChI=1S/C23H39NO/c1-3-5-6-7-11-18-25-22-16-14-21(15-17-22)23(4-2)24-19-20-12-9-8-10-13-20/h14-17,20,23-24H,3-13,18-19H2,1-2H3. The molecule has 1 saturated carbocycles. The Kier molecular flexibility index (Phi) is 10.0. The monoisotopic (exact) mass is 345 g/mol. The number of nitrogens with one attached hydrogen (secondary N) is 1. The molecular weight excluding hydrogens is 306 g/mol. The van der Waals surface area contributed by atoms with Crippen molar-refractivity contribution in [1.82, 2.24) is 5.32 Å². The molecule has 1 aromatic carbocycles. The molecule has 0 saturated heterocycles. The molecule has 1 aliphatic carbocycles. The van der Waals surface area contributed by atoms with E-state index in [2.05, 4.69) is 43.4 Å². The molecule has 0 amide bonds. The van der Waals surface area contributed by atoms with Crippen LogP contribution in [0.5, 0.6) is 5.75 Å². The smallest absolute Gasteiger partial charge is 0.119 e. The van der Waals surface area contributed by atoms with E-state index in [0.29, 0.717) is 6.04 Å². The highest BCUT2D eigenvalue weighted by atomic mass is 16.5. The van der Waals surface area contributed by atoms with Gasteiger partial charge in [0.1, 0.15) is 5.75 Å². The van der Waals surface area contributed by atoms with Crippen molar-refractivity contribution in [3.05, 3.63) is 29.8 Å². The van der Waals surface area contributed by atoms with Crippen LogP contribution in [0.1, 0.15) is 96.1 Å². The van der Waals surface area contributed by atoms with Crippen molar-refractivity contribution in [3.63, 3.8) is 0 Å². The van der Waals surface area contributed by atoms with E-state index in [1.54, 1.807) is 0 Å². The second-order valence-electron chi connectivity index (χ2n) is 7.70. The van der Waals surface area contributed by atoms with Crippen LogP contribution in [0.25, 0.3) is 0 Å². The van der Waals surface area contributed by atoms with Crippen LogP contribution in [-0.4, -0.2) is 13.2 Å². The summed E-state index contributed by atoms with van der Waals surface area (Å²) in [4.78, 5) is 0. The van der Waals surface area contributed by atoms with Crippen LogP contribution >= 0.6 is 0 Å². The fourth-order valence-electron chi connectivity index (χ4n) is 3.89. The van der Waals surface area contributed by atoms with Crippen molar-refractivity contribution >= 4 is 0 Å². The Balaban J connectivity index is 1.70. The number of benzene rings is 1. The first kappa shape index (κ1) is 20.3. The summed E-state index contributed by atoms with van der Waals surface area (Å²) in [5.74, 6) is 1.90. The van der Waals surface area contributed by atoms with Crippen molar-refractivity contribution in [2.45, 2.75) is 90.5 Å². The molecule has 0 heterocycles. The van der Waals surface area contributed by atoms with Crippen molar-refractivity contribution in [2.24, 2.45) is 5.92 Å². The van der Waals surface area contributed by atoms with Gasteiger partial charge in [-0.05, 0) is 55.8 Å². The number of hydrogen-bond acceptors (Lipinski definition) is 2. The molecule has 1 fully saturated rings. The lowest BCUT2D eigenvalue weighted by Crippen LogP contribution is -2.28. The number of rotatable bonds is 12. The van der Waals surface area contributed by atoms with E-state index in [4.69, 9.17) is 4.74 Å². The lowest BCUT2D eigenvalue weighted by molar-refractivity contribution is 0.304. The lowest BCUT2D eigenvalue weighted by Gasteiger charge is -2.25. The first-order chi connectivity index (χ1) is 12.3. The molecule has 142 valence electrons. The quantitative estimate of drug-likeness (QED) is 0.428. The molecule has 0 aromatic heterocycles. The molecule has 2 nitrogen and oxygen atoms in total. The van der Waals surface area contributed by atoms with Gasteiger partial charge in [-0.15, -0.1) is 0 Å². The third-order valence-corrected chi connectivity index (χ3v) is 5.59. The van der Waals surface area contributed by atoms with Crippen LogP contribution in [0.2, 0.25) is 0 Å². The molecule has 2 rings (SSSR count). The van der Waals surface area contributed by atoms with Crippen LogP contribution in [0.15, 0.2) is 24.3 Å². The van der Waals surface area contributed by atoms with Crippen LogP contribution in [-0.2, 0) is 0 Å². The van der Waals surface area contributed by atoms with Crippen molar-refractivity contribution < 1.29 is 4.74 Å². The summed E-state index contributed by atoms with van der Waals surface area (Å²) in [7, 11) is 0. The number of ether oxygens (including phenoxy) is 1. The average molecular weight is 346 g/mol. The fraction of sp³-hybridized carbons (Fsp3) is 0.739. The molecule has 1 atom stereocenters. The maximum absolute atomic E-state index is 5.89. The molecule has 0 spiro atoms. The summed E-state index contributed by atoms with van der Waals surface area (Å²) in [6, 6.07) is 9.26. The van der Waals surface area contributed by atoms with Gasteiger partial charge in [-0.2, -0.15) is 0 Å². The van der Waals surface area contributed by atoms with Crippen LogP contribution in [0.3, 0.4) is 0 Å². The minimum Gasteiger partial charge on any atom is -0.494 e. The largest absolute Gasteiger partial charge is 0.494 e. The Bertz CT molecular complexity index is 436. The first-order valence-electron chi connectivity index (χ1n) is 10.8. The van der Waals surface area contributed by atoms with Crippen LogP contribution < -0.4 is 10.1 Å². The fourth-order valence-corrected chi connectivity index (χ4v) is 3.89. The van der Waals surface area contributed by atoms with Gasteiger partial charge in [-0.25, -0.2) is 0 Å². The molecule has 1 aliphatic rings. The van der Waals surface area contributed by atoms with Gasteiger partial charge in [0.05, 0.1) is 6.61 Å². The predicted molar refractivity (Wildman–Crippen MR) is 108 cm³/mol. The van der Waals surface area contributed by atoms with Crippen LogP contribution in [0, 0.1) is 5.92 Å². The predicted octanol–water partition coefficient (Wildman–Crippen LogP) is 6.66. The van der Waals surface area contributed by atoms with Gasteiger partial charge in [0.2, 0.25) is 0 Å². The highest BCUT2D eigenvalue weighted by Crippen LogP contribution is 2.25. The van der Waals surface area contributed by atoms with E-state index in [1.807, 2.05) is 0 Å². The third-order valence-electron chi connectivity index (χ3n) is 5.59. The zero-order chi connectivity index (χ0) is 17.7. The van der Waals surface area contributed by atoms with Gasteiger partial charge in [-0.3, -0.25) is 0 Å². The van der Waals surface area contributed by atoms with Crippen molar-refractivity contribution in [1.29, 1.82) is 0 Å². The Morgan fingerprint density at radius 2 is 1.68 bits per heavy atom. The lowest BCUT2D eigenvalue weighted by atomic mass is 9.89. The molecule has 25 heavy (non-hydrogen) atoms. The molecule has 1 unspecified atom stereocenters. The Morgan fingerprint density at radius 1 is 0.960 bits per heavy atom. The zero-order valence-electron chi connectivity index (χ0n) is 16.6. The number of unbranched alkanes of at least 4 members (excludes halogenated alkanes) is 4. The van der Waals surface area contributed by atoms with E-state index in [9.17, 15) is 0 Å². The highest BCUT2D eigenvalue weighted by molar-refractivity contribution is 5.29. The SMILES string of the molecule is CCCCCCCOc1ccc(C(CC)NCC2CCCCC2)cc1. The van der Waals surface area contributed by atoms with E-state index in [1.165, 1.54) is 76.3 Å². The van der Waals surface area contributed by atoms with E-state index < -0.39 is 0 Å². The van der Waals surface area contributed by atoms with Gasteiger partial charge in [0.15, 0.2) is 0 Å². The summed E-state index contributed by atoms with van der Waals surface area (Å²) < 4.78 is 5.89. The summed E-state index contributed by atoms with van der Waals surface area (Å²) in [5.41, 5.74) is 1.40. The average Bonchev–Trinajstić information content (AvgIpc) is 2.67. The molecule has 1 aromatic rings. The van der Waals surface area contributed by atoms with Crippen molar-refractivity contribution in [2.75, 3.05) is 13.2 Å². The second kappa shape index (κ2) is 12.4. The number of hydrogen-bond donors (Lipinski definition) is 1. The summed E-state index contributed by atoms with van der Waals surface area (Å²) in [6.07, 6.45) is 14.7. The summed E-state index contributed by atoms with van der Waals surface area (Å²) in [5, 5.41) is 3.81. The van der Waals surface area contributed by atoms with Gasteiger partial charge < -0.3 is 10.1 Å². The topological polar surface area (TPSA) is 21.3 Å². The van der Waals surface area contributed by atoms with Gasteiger partial charge in [-0.1, -0.05) is 70.9 Å². The highest BCUT2D eigenvalue weighted by Gasteiger charge is 2.16.